The van der Waals surface area contributed by atoms with Crippen molar-refractivity contribution in [3.63, 3.8) is 0 Å². The van der Waals surface area contributed by atoms with Gasteiger partial charge in [0, 0.05) is 5.69 Å². The van der Waals surface area contributed by atoms with E-state index >= 15 is 0 Å². The number of hydrogen-bond acceptors (Lipinski definition) is 4. The normalized spacial score (nSPS) is 14.9. The third-order valence-corrected chi connectivity index (χ3v) is 4.73. The zero-order valence-electron chi connectivity index (χ0n) is 15.3. The summed E-state index contributed by atoms with van der Waals surface area (Å²) in [6, 6.07) is 13.0. The molecule has 1 aliphatic heterocycles. The van der Waals surface area contributed by atoms with Crippen LogP contribution in [0, 0.1) is 6.92 Å². The van der Waals surface area contributed by atoms with E-state index in [2.05, 4.69) is 10.2 Å². The van der Waals surface area contributed by atoms with Crippen LogP contribution in [0.25, 0.3) is 0 Å². The number of aryl methyl sites for hydroxylation is 1. The second-order valence-electron chi connectivity index (χ2n) is 6.68. The average molecular weight is 356 g/mol. The maximum atomic E-state index is 12.4. The van der Waals surface area contributed by atoms with Gasteiger partial charge in [-0.05, 0) is 48.9 Å². The van der Waals surface area contributed by atoms with Gasteiger partial charge >= 0.3 is 0 Å². The van der Waals surface area contributed by atoms with Gasteiger partial charge in [-0.15, -0.1) is 0 Å². The minimum absolute atomic E-state index is 0.00184. The number of nitrogens with one attached hydrogen (secondary N) is 2. The lowest BCUT2D eigenvalue weighted by atomic mass is 10.2. The highest BCUT2D eigenvalue weighted by Crippen LogP contribution is 2.24. The Morgan fingerprint density at radius 3 is 2.54 bits per heavy atom. The van der Waals surface area contributed by atoms with Crippen LogP contribution in [-0.2, 0) is 4.79 Å². The minimum atomic E-state index is 0.00184. The Hall–Kier alpha value is -2.73. The van der Waals surface area contributed by atoms with Crippen molar-refractivity contribution in [2.24, 2.45) is 0 Å². The molecule has 0 atom stereocenters. The fraction of sp³-hybridized carbons (Fsp3) is 0.350. The summed E-state index contributed by atoms with van der Waals surface area (Å²) in [5.74, 6) is 0.958. The van der Waals surface area contributed by atoms with Crippen molar-refractivity contribution >= 4 is 17.3 Å². The summed E-state index contributed by atoms with van der Waals surface area (Å²) in [6.07, 6.45) is 0. The second-order valence-corrected chi connectivity index (χ2v) is 6.68. The van der Waals surface area contributed by atoms with Crippen molar-refractivity contribution in [1.29, 1.82) is 0 Å². The quantitative estimate of drug-likeness (QED) is 0.749. The Bertz CT molecular complexity index is 753. The summed E-state index contributed by atoms with van der Waals surface area (Å²) in [5, 5.41) is 12.4. The van der Waals surface area contributed by atoms with Crippen LogP contribution in [0.1, 0.15) is 5.56 Å². The second kappa shape index (κ2) is 8.10. The number of carbonyl (C=O) groups excluding carboxylic acids is 1. The summed E-state index contributed by atoms with van der Waals surface area (Å²) < 4.78 is 5.32. The highest BCUT2D eigenvalue weighted by atomic mass is 16.5. The Kier molecular flexibility index (Phi) is 5.63. The van der Waals surface area contributed by atoms with Crippen LogP contribution in [0.4, 0.5) is 11.4 Å². The van der Waals surface area contributed by atoms with Crippen molar-refractivity contribution in [3.8, 4) is 11.5 Å². The first kappa shape index (κ1) is 18.1. The van der Waals surface area contributed by atoms with E-state index in [4.69, 9.17) is 4.74 Å². The molecule has 0 bridgehead atoms. The molecule has 3 rings (SSSR count). The summed E-state index contributed by atoms with van der Waals surface area (Å²) in [6.45, 7) is 6.02. The molecule has 0 spiro atoms. The first-order chi connectivity index (χ1) is 12.5. The van der Waals surface area contributed by atoms with E-state index < -0.39 is 0 Å². The summed E-state index contributed by atoms with van der Waals surface area (Å²) >= 11 is 0. The Balaban J connectivity index is 1.52. The number of hydrogen-bond donors (Lipinski definition) is 3. The first-order valence-electron chi connectivity index (χ1n) is 8.87. The molecular weight excluding hydrogens is 330 g/mol. The molecule has 0 aromatic heterocycles. The molecule has 26 heavy (non-hydrogen) atoms. The number of carbonyl (C=O) groups is 1. The van der Waals surface area contributed by atoms with Crippen LogP contribution in [0.2, 0.25) is 0 Å². The Morgan fingerprint density at radius 2 is 1.88 bits per heavy atom. The molecule has 1 heterocycles. The summed E-state index contributed by atoms with van der Waals surface area (Å²) in [5.41, 5.74) is 2.91. The number of piperazine rings is 1. The lowest BCUT2D eigenvalue weighted by Crippen LogP contribution is -3.15. The van der Waals surface area contributed by atoms with Gasteiger partial charge in [0.2, 0.25) is 0 Å². The molecule has 2 aromatic rings. The predicted molar refractivity (Wildman–Crippen MR) is 102 cm³/mol. The fourth-order valence-corrected chi connectivity index (χ4v) is 3.26. The number of phenolic OH excluding ortho intramolecular Hbond substituents is 1. The van der Waals surface area contributed by atoms with Crippen molar-refractivity contribution in [1.82, 2.24) is 0 Å². The molecule has 1 aliphatic rings. The third kappa shape index (κ3) is 4.46. The zero-order chi connectivity index (χ0) is 18.5. The standard InChI is InChI=1S/C20H25N3O3/c1-15-3-8-19(26-2)18(13-15)21-20(25)14-22-9-11-23(12-10-22)16-4-6-17(24)7-5-16/h3-8,13,24H,9-12,14H2,1-2H3,(H,21,25)/p+1. The van der Waals surface area contributed by atoms with E-state index in [1.165, 1.54) is 4.90 Å². The molecule has 6 heteroatoms. The molecule has 6 nitrogen and oxygen atoms in total. The lowest BCUT2D eigenvalue weighted by molar-refractivity contribution is -0.892. The predicted octanol–water partition coefficient (Wildman–Crippen LogP) is 1.05. The number of aromatic hydroxyl groups is 1. The lowest BCUT2D eigenvalue weighted by Gasteiger charge is -2.33. The van der Waals surface area contributed by atoms with Crippen molar-refractivity contribution in [3.05, 3.63) is 48.0 Å². The first-order valence-corrected chi connectivity index (χ1v) is 8.87. The number of nitrogens with zero attached hydrogens (tertiary/aromatic N) is 1. The number of anilines is 2. The van der Waals surface area contributed by atoms with E-state index in [1.54, 1.807) is 19.2 Å². The average Bonchev–Trinajstić information content (AvgIpc) is 2.63. The summed E-state index contributed by atoms with van der Waals surface area (Å²) in [4.78, 5) is 16.0. The number of quaternary nitrogens is 1. The van der Waals surface area contributed by atoms with Gasteiger partial charge in [0.25, 0.3) is 5.91 Å². The zero-order valence-corrected chi connectivity index (χ0v) is 15.3. The molecule has 1 fully saturated rings. The molecule has 2 aromatic carbocycles. The van der Waals surface area contributed by atoms with Crippen LogP contribution in [0.3, 0.4) is 0 Å². The molecule has 0 unspecified atom stereocenters. The van der Waals surface area contributed by atoms with Gasteiger partial charge in [0.1, 0.15) is 11.5 Å². The SMILES string of the molecule is COc1ccc(C)cc1NC(=O)C[NH+]1CCN(c2ccc(O)cc2)CC1. The molecule has 0 aliphatic carbocycles. The van der Waals surface area contributed by atoms with E-state index in [0.29, 0.717) is 12.3 Å². The molecule has 0 radical (unpaired) electrons. The van der Waals surface area contributed by atoms with Gasteiger partial charge in [0.15, 0.2) is 6.54 Å². The Labute approximate surface area is 154 Å². The van der Waals surface area contributed by atoms with E-state index in [0.717, 1.165) is 43.1 Å². The van der Waals surface area contributed by atoms with Crippen LogP contribution in [0.5, 0.6) is 11.5 Å². The van der Waals surface area contributed by atoms with Gasteiger partial charge in [-0.25, -0.2) is 0 Å². The maximum Gasteiger partial charge on any atom is 0.279 e. The smallest absolute Gasteiger partial charge is 0.279 e. The van der Waals surface area contributed by atoms with Crippen molar-refractivity contribution in [2.75, 3.05) is 50.1 Å². The van der Waals surface area contributed by atoms with E-state index in [9.17, 15) is 9.90 Å². The Morgan fingerprint density at radius 1 is 1.19 bits per heavy atom. The van der Waals surface area contributed by atoms with Crippen LogP contribution in [-0.4, -0.2) is 50.8 Å². The highest BCUT2D eigenvalue weighted by molar-refractivity contribution is 5.93. The number of amides is 1. The van der Waals surface area contributed by atoms with Crippen molar-refractivity contribution in [2.45, 2.75) is 6.92 Å². The minimum Gasteiger partial charge on any atom is -0.508 e. The number of phenols is 1. The van der Waals surface area contributed by atoms with E-state index in [1.807, 2.05) is 37.3 Å². The van der Waals surface area contributed by atoms with E-state index in [-0.39, 0.29) is 11.7 Å². The van der Waals surface area contributed by atoms with Gasteiger partial charge in [-0.1, -0.05) is 6.07 Å². The molecule has 1 amide bonds. The largest absolute Gasteiger partial charge is 0.508 e. The molecular formula is C20H26N3O3+. The monoisotopic (exact) mass is 356 g/mol. The number of benzene rings is 2. The van der Waals surface area contributed by atoms with Gasteiger partial charge in [-0.3, -0.25) is 4.79 Å². The van der Waals surface area contributed by atoms with Crippen LogP contribution in [0.15, 0.2) is 42.5 Å². The number of methoxy groups -OCH3 is 1. The molecule has 1 saturated heterocycles. The maximum absolute atomic E-state index is 12.4. The van der Waals surface area contributed by atoms with Crippen molar-refractivity contribution < 1.29 is 19.5 Å². The molecule has 0 saturated carbocycles. The van der Waals surface area contributed by atoms with Gasteiger partial charge in [0.05, 0.1) is 39.0 Å². The van der Waals surface area contributed by atoms with Gasteiger partial charge < -0.3 is 25.0 Å². The third-order valence-electron chi connectivity index (χ3n) is 4.73. The number of ether oxygens (including phenoxy) is 1. The topological polar surface area (TPSA) is 66.2 Å². The number of rotatable bonds is 5. The molecule has 138 valence electrons. The van der Waals surface area contributed by atoms with Gasteiger partial charge in [-0.2, -0.15) is 0 Å². The van der Waals surface area contributed by atoms with Crippen LogP contribution < -0.4 is 19.9 Å². The highest BCUT2D eigenvalue weighted by Gasteiger charge is 2.22. The molecule has 3 N–H and O–H groups in total. The fourth-order valence-electron chi connectivity index (χ4n) is 3.26. The summed E-state index contributed by atoms with van der Waals surface area (Å²) in [7, 11) is 1.61. The van der Waals surface area contributed by atoms with Crippen LogP contribution >= 0.6 is 0 Å².